The van der Waals surface area contributed by atoms with Crippen LogP contribution in [0.3, 0.4) is 0 Å². The second kappa shape index (κ2) is 4.02. The smallest absolute Gasteiger partial charge is 0.329 e. The van der Waals surface area contributed by atoms with Gasteiger partial charge in [0.2, 0.25) is 0 Å². The Morgan fingerprint density at radius 2 is 2.17 bits per heavy atom. The van der Waals surface area contributed by atoms with Crippen molar-refractivity contribution in [1.82, 2.24) is 9.55 Å². The molecule has 0 amide bonds. The van der Waals surface area contributed by atoms with Crippen molar-refractivity contribution in [2.45, 2.75) is 6.04 Å². The Morgan fingerprint density at radius 3 is 2.72 bits per heavy atom. The molecule has 0 aromatic carbocycles. The fourth-order valence-electron chi connectivity index (χ4n) is 1.63. The number of aromatic amines is 1. The molecule has 1 aromatic heterocycles. The number of sulfone groups is 1. The molecule has 0 radical (unpaired) electrons. The minimum Gasteiger partial charge on any atom is -0.383 e. The van der Waals surface area contributed by atoms with Gasteiger partial charge in [-0.05, 0) is 0 Å². The molecule has 2 rings (SSSR count). The summed E-state index contributed by atoms with van der Waals surface area (Å²) in [6.45, 7) is 0. The largest absolute Gasteiger partial charge is 0.383 e. The summed E-state index contributed by atoms with van der Waals surface area (Å²) in [7, 11) is -1.82. The summed E-state index contributed by atoms with van der Waals surface area (Å²) in [6.07, 6.45) is 1.43. The number of rotatable bonds is 2. The van der Waals surface area contributed by atoms with Crippen LogP contribution in [0, 0.1) is 0 Å². The molecule has 4 N–H and O–H groups in total. The van der Waals surface area contributed by atoms with Gasteiger partial charge in [-0.15, -0.1) is 0 Å². The number of anilines is 2. The van der Waals surface area contributed by atoms with E-state index in [2.05, 4.69) is 10.3 Å². The maximum atomic E-state index is 11.6. The summed E-state index contributed by atoms with van der Waals surface area (Å²) >= 11 is 0. The normalized spacial score (nSPS) is 21.1. The molecule has 1 atom stereocenters. The lowest BCUT2D eigenvalue weighted by molar-refractivity contribution is 0.605. The van der Waals surface area contributed by atoms with Crippen molar-refractivity contribution in [1.29, 1.82) is 0 Å². The number of H-pyrrole nitrogens is 1. The molecule has 18 heavy (non-hydrogen) atoms. The van der Waals surface area contributed by atoms with E-state index >= 15 is 0 Å². The van der Waals surface area contributed by atoms with Crippen LogP contribution in [0.15, 0.2) is 21.1 Å². The Labute approximate surface area is 102 Å². The average Bonchev–Trinajstić information content (AvgIpc) is 2.61. The van der Waals surface area contributed by atoms with Gasteiger partial charge in [0.05, 0.1) is 11.8 Å². The van der Waals surface area contributed by atoms with Crippen molar-refractivity contribution in [2.24, 2.45) is 7.05 Å². The Hall–Kier alpha value is -2.03. The molecular formula is C9H12N4O4S. The summed E-state index contributed by atoms with van der Waals surface area (Å²) in [5, 5.41) is 3.79. The Morgan fingerprint density at radius 1 is 1.50 bits per heavy atom. The Kier molecular flexibility index (Phi) is 2.77. The molecule has 1 aromatic rings. The van der Waals surface area contributed by atoms with E-state index in [4.69, 9.17) is 5.73 Å². The highest BCUT2D eigenvalue weighted by molar-refractivity contribution is 7.94. The minimum atomic E-state index is -3.22. The highest BCUT2D eigenvalue weighted by Crippen LogP contribution is 2.15. The van der Waals surface area contributed by atoms with Crippen LogP contribution < -0.4 is 22.3 Å². The van der Waals surface area contributed by atoms with Gasteiger partial charge in [-0.2, -0.15) is 0 Å². The third-order valence-corrected chi connectivity index (χ3v) is 4.03. The quantitative estimate of drug-likeness (QED) is 0.593. The predicted molar refractivity (Wildman–Crippen MR) is 67.1 cm³/mol. The van der Waals surface area contributed by atoms with Crippen molar-refractivity contribution in [3.05, 3.63) is 32.3 Å². The summed E-state index contributed by atoms with van der Waals surface area (Å²) in [4.78, 5) is 24.9. The molecule has 1 aliphatic rings. The molecule has 8 nitrogen and oxygen atoms in total. The molecule has 0 aliphatic carbocycles. The van der Waals surface area contributed by atoms with Crippen LogP contribution in [0.5, 0.6) is 0 Å². The fraction of sp³-hybridized carbons (Fsp3) is 0.333. The maximum absolute atomic E-state index is 11.6. The SMILES string of the molecule is Cn1c(N)c(NC2C=CS(=O)(=O)C2)c(=O)[nH]c1=O. The van der Waals surface area contributed by atoms with Crippen LogP contribution in [0.25, 0.3) is 0 Å². The standard InChI is InChI=1S/C9H12N4O4S/c1-13-7(10)6(8(14)12-9(13)15)11-5-2-3-18(16,17)4-5/h2-3,5,11H,4,10H2,1H3,(H,12,14,15). The van der Waals surface area contributed by atoms with Crippen molar-refractivity contribution in [3.63, 3.8) is 0 Å². The maximum Gasteiger partial charge on any atom is 0.329 e. The molecule has 9 heteroatoms. The molecule has 98 valence electrons. The fourth-order valence-corrected chi connectivity index (χ4v) is 2.86. The monoisotopic (exact) mass is 272 g/mol. The first-order chi connectivity index (χ1) is 8.30. The molecule has 2 heterocycles. The zero-order chi connectivity index (χ0) is 13.5. The molecule has 1 aliphatic heterocycles. The number of hydrogen-bond donors (Lipinski definition) is 3. The topological polar surface area (TPSA) is 127 Å². The van der Waals surface area contributed by atoms with E-state index < -0.39 is 27.1 Å². The van der Waals surface area contributed by atoms with Gasteiger partial charge < -0.3 is 11.1 Å². The lowest BCUT2D eigenvalue weighted by atomic mass is 10.3. The van der Waals surface area contributed by atoms with Gasteiger partial charge in [0.1, 0.15) is 11.5 Å². The van der Waals surface area contributed by atoms with Crippen LogP contribution >= 0.6 is 0 Å². The molecular weight excluding hydrogens is 260 g/mol. The van der Waals surface area contributed by atoms with E-state index in [1.165, 1.54) is 13.1 Å². The number of nitrogens with one attached hydrogen (secondary N) is 2. The molecule has 0 bridgehead atoms. The molecule has 0 spiro atoms. The molecule has 0 saturated carbocycles. The van der Waals surface area contributed by atoms with E-state index in [-0.39, 0.29) is 17.3 Å². The van der Waals surface area contributed by atoms with Crippen molar-refractivity contribution >= 4 is 21.3 Å². The van der Waals surface area contributed by atoms with Gasteiger partial charge in [-0.1, -0.05) is 6.08 Å². The van der Waals surface area contributed by atoms with Gasteiger partial charge in [-0.25, -0.2) is 13.2 Å². The summed E-state index contributed by atoms with van der Waals surface area (Å²) in [5.74, 6) is -0.184. The van der Waals surface area contributed by atoms with Crippen molar-refractivity contribution < 1.29 is 8.42 Å². The summed E-state index contributed by atoms with van der Waals surface area (Å²) < 4.78 is 23.5. The van der Waals surface area contributed by atoms with Crippen molar-refractivity contribution in [3.8, 4) is 0 Å². The first kappa shape index (κ1) is 12.4. The predicted octanol–water partition coefficient (Wildman–Crippen LogP) is -1.62. The van der Waals surface area contributed by atoms with E-state index in [0.29, 0.717) is 0 Å². The summed E-state index contributed by atoms with van der Waals surface area (Å²) in [6, 6.07) is -0.532. The van der Waals surface area contributed by atoms with E-state index in [9.17, 15) is 18.0 Å². The van der Waals surface area contributed by atoms with Gasteiger partial charge in [0.15, 0.2) is 9.84 Å². The highest BCUT2D eigenvalue weighted by atomic mass is 32.2. The Balaban J connectivity index is 2.38. The Bertz CT molecular complexity index is 728. The van der Waals surface area contributed by atoms with Crippen LogP contribution in [0.2, 0.25) is 0 Å². The first-order valence-corrected chi connectivity index (χ1v) is 6.78. The lowest BCUT2D eigenvalue weighted by Crippen LogP contribution is -2.34. The second-order valence-electron chi connectivity index (χ2n) is 3.99. The number of nitrogens with zero attached hydrogens (tertiary/aromatic N) is 1. The van der Waals surface area contributed by atoms with E-state index in [0.717, 1.165) is 9.98 Å². The van der Waals surface area contributed by atoms with Gasteiger partial charge in [0, 0.05) is 12.5 Å². The molecule has 0 fully saturated rings. The van der Waals surface area contributed by atoms with Crippen LogP contribution in [-0.2, 0) is 16.9 Å². The molecule has 0 saturated heterocycles. The number of nitrogens with two attached hydrogens (primary N) is 1. The van der Waals surface area contributed by atoms with Crippen LogP contribution in [-0.4, -0.2) is 29.8 Å². The third-order valence-electron chi connectivity index (χ3n) is 2.63. The third kappa shape index (κ3) is 2.16. The van der Waals surface area contributed by atoms with Crippen molar-refractivity contribution in [2.75, 3.05) is 16.8 Å². The number of nitrogen functional groups attached to an aromatic ring is 1. The van der Waals surface area contributed by atoms with Crippen LogP contribution in [0.4, 0.5) is 11.5 Å². The van der Waals surface area contributed by atoms with Crippen LogP contribution in [0.1, 0.15) is 0 Å². The van der Waals surface area contributed by atoms with Gasteiger partial charge >= 0.3 is 5.69 Å². The molecule has 1 unspecified atom stereocenters. The summed E-state index contributed by atoms with van der Waals surface area (Å²) in [5.41, 5.74) is 4.33. The zero-order valence-corrected chi connectivity index (χ0v) is 10.3. The lowest BCUT2D eigenvalue weighted by Gasteiger charge is -2.14. The first-order valence-electron chi connectivity index (χ1n) is 5.06. The highest BCUT2D eigenvalue weighted by Gasteiger charge is 2.23. The zero-order valence-electron chi connectivity index (χ0n) is 9.50. The number of hydrogen-bond acceptors (Lipinski definition) is 6. The van der Waals surface area contributed by atoms with E-state index in [1.807, 2.05) is 0 Å². The van der Waals surface area contributed by atoms with Gasteiger partial charge in [-0.3, -0.25) is 14.3 Å². The average molecular weight is 272 g/mol. The second-order valence-corrected chi connectivity index (χ2v) is 5.92. The number of aromatic nitrogens is 2. The minimum absolute atomic E-state index is 0.0103. The van der Waals surface area contributed by atoms with E-state index in [1.54, 1.807) is 0 Å². The van der Waals surface area contributed by atoms with Gasteiger partial charge in [0.25, 0.3) is 5.56 Å².